The highest BCUT2D eigenvalue weighted by Crippen LogP contribution is 2.34. The normalized spacial score (nSPS) is 11.7. The minimum absolute atomic E-state index is 0.117. The number of alkyl halides is 3. The van der Waals surface area contributed by atoms with Gasteiger partial charge in [0.1, 0.15) is 23.3 Å². The van der Waals surface area contributed by atoms with Crippen LogP contribution in [-0.4, -0.2) is 41.5 Å². The van der Waals surface area contributed by atoms with Crippen LogP contribution in [0.5, 0.6) is 11.5 Å². The van der Waals surface area contributed by atoms with E-state index in [1.807, 2.05) is 29.8 Å². The molecule has 1 N–H and O–H groups in total. The van der Waals surface area contributed by atoms with Gasteiger partial charge in [-0.1, -0.05) is 6.07 Å². The SMILES string of the molecule is COCCOCCn1ccc2ncnc(Nc3ccc(Oc4cccc(C(F)(F)F)c4)c(C)c3)c21. The lowest BCUT2D eigenvalue weighted by molar-refractivity contribution is -0.137. The number of aryl methyl sites for hydroxylation is 1. The van der Waals surface area contributed by atoms with Gasteiger partial charge in [0.25, 0.3) is 0 Å². The number of ether oxygens (including phenoxy) is 3. The Bertz CT molecular complexity index is 1290. The molecule has 0 spiro atoms. The van der Waals surface area contributed by atoms with Crippen LogP contribution in [0.3, 0.4) is 0 Å². The molecule has 10 heteroatoms. The average molecular weight is 486 g/mol. The van der Waals surface area contributed by atoms with E-state index in [1.165, 1.54) is 18.5 Å². The van der Waals surface area contributed by atoms with Crippen LogP contribution in [0.25, 0.3) is 11.0 Å². The Balaban J connectivity index is 1.50. The Morgan fingerprint density at radius 2 is 1.86 bits per heavy atom. The second-order valence-electron chi connectivity index (χ2n) is 7.80. The first-order valence-electron chi connectivity index (χ1n) is 10.9. The van der Waals surface area contributed by atoms with Crippen molar-refractivity contribution in [2.75, 3.05) is 32.2 Å². The fourth-order valence-electron chi connectivity index (χ4n) is 3.56. The van der Waals surface area contributed by atoms with Crippen LogP contribution in [0.2, 0.25) is 0 Å². The fraction of sp³-hybridized carbons (Fsp3) is 0.280. The summed E-state index contributed by atoms with van der Waals surface area (Å²) in [4.78, 5) is 8.74. The van der Waals surface area contributed by atoms with E-state index >= 15 is 0 Å². The second-order valence-corrected chi connectivity index (χ2v) is 7.80. The molecule has 0 aliphatic carbocycles. The molecule has 0 atom stereocenters. The predicted molar refractivity (Wildman–Crippen MR) is 126 cm³/mol. The standard InChI is InChI=1S/C25H25F3N4O3/c1-17-14-19(6-7-22(17)35-20-5-3-4-18(15-20)25(26,27)28)31-24-23-21(29-16-30-24)8-9-32(23)10-11-34-13-12-33-2/h3-9,14-16H,10-13H2,1-2H3,(H,29,30,31). The molecule has 4 rings (SSSR count). The molecular formula is C25H25F3N4O3. The van der Waals surface area contributed by atoms with Crippen LogP contribution in [0.1, 0.15) is 11.1 Å². The summed E-state index contributed by atoms with van der Waals surface area (Å²) in [5, 5.41) is 3.31. The first kappa shape index (κ1) is 24.5. The summed E-state index contributed by atoms with van der Waals surface area (Å²) in [5.41, 5.74) is 2.37. The number of anilines is 2. The van der Waals surface area contributed by atoms with Gasteiger partial charge in [-0.2, -0.15) is 13.2 Å². The maximum absolute atomic E-state index is 13.0. The molecular weight excluding hydrogens is 461 g/mol. The highest BCUT2D eigenvalue weighted by Gasteiger charge is 2.30. The molecule has 4 aromatic rings. The van der Waals surface area contributed by atoms with E-state index in [2.05, 4.69) is 15.3 Å². The van der Waals surface area contributed by atoms with Crippen molar-refractivity contribution >= 4 is 22.5 Å². The second kappa shape index (κ2) is 10.7. The predicted octanol–water partition coefficient (Wildman–Crippen LogP) is 5.96. The molecule has 2 aromatic heterocycles. The van der Waals surface area contributed by atoms with Gasteiger partial charge in [-0.15, -0.1) is 0 Å². The van der Waals surface area contributed by atoms with E-state index in [-0.39, 0.29) is 5.75 Å². The number of nitrogens with zero attached hydrogens (tertiary/aromatic N) is 3. The van der Waals surface area contributed by atoms with E-state index in [9.17, 15) is 13.2 Å². The number of halogens is 3. The minimum Gasteiger partial charge on any atom is -0.457 e. The molecule has 184 valence electrons. The lowest BCUT2D eigenvalue weighted by Gasteiger charge is -2.14. The third kappa shape index (κ3) is 6.09. The van der Waals surface area contributed by atoms with E-state index in [0.29, 0.717) is 37.9 Å². The highest BCUT2D eigenvalue weighted by atomic mass is 19.4. The van der Waals surface area contributed by atoms with Crippen LogP contribution < -0.4 is 10.1 Å². The van der Waals surface area contributed by atoms with Crippen molar-refractivity contribution in [3.05, 3.63) is 72.2 Å². The van der Waals surface area contributed by atoms with Crippen molar-refractivity contribution in [2.45, 2.75) is 19.6 Å². The van der Waals surface area contributed by atoms with Crippen molar-refractivity contribution in [3.8, 4) is 11.5 Å². The van der Waals surface area contributed by atoms with E-state index in [1.54, 1.807) is 19.2 Å². The van der Waals surface area contributed by atoms with Gasteiger partial charge in [0, 0.05) is 25.5 Å². The molecule has 0 bridgehead atoms. The van der Waals surface area contributed by atoms with Crippen LogP contribution >= 0.6 is 0 Å². The molecule has 0 fully saturated rings. The van der Waals surface area contributed by atoms with Gasteiger partial charge < -0.3 is 24.1 Å². The zero-order valence-electron chi connectivity index (χ0n) is 19.3. The van der Waals surface area contributed by atoms with Gasteiger partial charge in [-0.25, -0.2) is 9.97 Å². The van der Waals surface area contributed by atoms with Gasteiger partial charge in [-0.05, 0) is 55.0 Å². The Morgan fingerprint density at radius 3 is 2.63 bits per heavy atom. The summed E-state index contributed by atoms with van der Waals surface area (Å²) in [6.07, 6.45) is -1.01. The Kier molecular flexibility index (Phi) is 7.52. The van der Waals surface area contributed by atoms with Crippen LogP contribution in [-0.2, 0) is 22.2 Å². The van der Waals surface area contributed by atoms with Gasteiger partial charge in [-0.3, -0.25) is 0 Å². The summed E-state index contributed by atoms with van der Waals surface area (Å²) in [5.74, 6) is 1.20. The quantitative estimate of drug-likeness (QED) is 0.279. The third-order valence-corrected chi connectivity index (χ3v) is 5.29. The van der Waals surface area contributed by atoms with Crippen molar-refractivity contribution < 1.29 is 27.4 Å². The van der Waals surface area contributed by atoms with E-state index in [4.69, 9.17) is 14.2 Å². The van der Waals surface area contributed by atoms with E-state index < -0.39 is 11.7 Å². The topological polar surface area (TPSA) is 70.4 Å². The number of hydrogen-bond donors (Lipinski definition) is 1. The van der Waals surface area contributed by atoms with Crippen LogP contribution in [0, 0.1) is 6.92 Å². The van der Waals surface area contributed by atoms with Crippen molar-refractivity contribution in [1.29, 1.82) is 0 Å². The first-order chi connectivity index (χ1) is 16.8. The number of nitrogens with one attached hydrogen (secondary N) is 1. The van der Waals surface area contributed by atoms with Gasteiger partial charge in [0.05, 0.1) is 30.9 Å². The zero-order valence-corrected chi connectivity index (χ0v) is 19.3. The van der Waals surface area contributed by atoms with Gasteiger partial charge in [0.15, 0.2) is 5.82 Å². The fourth-order valence-corrected chi connectivity index (χ4v) is 3.56. The van der Waals surface area contributed by atoms with Crippen molar-refractivity contribution in [2.24, 2.45) is 0 Å². The average Bonchev–Trinajstić information content (AvgIpc) is 3.24. The lowest BCUT2D eigenvalue weighted by Crippen LogP contribution is -2.09. The van der Waals surface area contributed by atoms with Gasteiger partial charge >= 0.3 is 6.18 Å². The molecule has 0 amide bonds. The first-order valence-corrected chi connectivity index (χ1v) is 10.9. The zero-order chi connectivity index (χ0) is 24.8. The molecule has 0 saturated heterocycles. The molecule has 0 aliphatic rings. The highest BCUT2D eigenvalue weighted by molar-refractivity contribution is 5.88. The summed E-state index contributed by atoms with van der Waals surface area (Å²) in [6.45, 7) is 4.02. The molecule has 0 saturated carbocycles. The molecule has 2 heterocycles. The Labute approximate surface area is 200 Å². The smallest absolute Gasteiger partial charge is 0.416 e. The van der Waals surface area contributed by atoms with Crippen molar-refractivity contribution in [3.63, 3.8) is 0 Å². The molecule has 35 heavy (non-hydrogen) atoms. The number of methoxy groups -OCH3 is 1. The number of benzene rings is 2. The molecule has 0 radical (unpaired) electrons. The summed E-state index contributed by atoms with van der Waals surface area (Å²) in [7, 11) is 1.63. The maximum atomic E-state index is 13.0. The monoisotopic (exact) mass is 486 g/mol. The number of rotatable bonds is 10. The summed E-state index contributed by atoms with van der Waals surface area (Å²) >= 11 is 0. The molecule has 7 nitrogen and oxygen atoms in total. The number of aromatic nitrogens is 3. The lowest BCUT2D eigenvalue weighted by atomic mass is 10.2. The van der Waals surface area contributed by atoms with Gasteiger partial charge in [0.2, 0.25) is 0 Å². The number of fused-ring (bicyclic) bond motifs is 1. The molecule has 2 aromatic carbocycles. The molecule has 0 unspecified atom stereocenters. The third-order valence-electron chi connectivity index (χ3n) is 5.29. The largest absolute Gasteiger partial charge is 0.457 e. The Hall–Kier alpha value is -3.63. The number of hydrogen-bond acceptors (Lipinski definition) is 6. The van der Waals surface area contributed by atoms with Crippen LogP contribution in [0.4, 0.5) is 24.7 Å². The maximum Gasteiger partial charge on any atom is 0.416 e. The van der Waals surface area contributed by atoms with Crippen molar-refractivity contribution in [1.82, 2.24) is 14.5 Å². The summed E-state index contributed by atoms with van der Waals surface area (Å²) in [6, 6.07) is 12.1. The summed E-state index contributed by atoms with van der Waals surface area (Å²) < 4.78 is 57.3. The minimum atomic E-state index is -4.43. The Morgan fingerprint density at radius 1 is 1.00 bits per heavy atom. The molecule has 0 aliphatic heterocycles. The van der Waals surface area contributed by atoms with Crippen LogP contribution in [0.15, 0.2) is 61.1 Å². The van der Waals surface area contributed by atoms with E-state index in [0.717, 1.165) is 34.4 Å².